The first-order chi connectivity index (χ1) is 8.16. The van der Waals surface area contributed by atoms with E-state index in [4.69, 9.17) is 11.6 Å². The van der Waals surface area contributed by atoms with Crippen LogP contribution in [0.3, 0.4) is 0 Å². The second kappa shape index (κ2) is 5.01. The third-order valence-electron chi connectivity index (χ3n) is 2.45. The zero-order chi connectivity index (χ0) is 12.3. The van der Waals surface area contributed by atoms with Crippen LogP contribution in [0.15, 0.2) is 46.1 Å². The van der Waals surface area contributed by atoms with Crippen molar-refractivity contribution in [2.75, 3.05) is 0 Å². The van der Waals surface area contributed by atoms with Gasteiger partial charge in [0.1, 0.15) is 5.02 Å². The maximum absolute atomic E-state index is 11.5. The molecule has 2 aromatic rings. The number of aromatic nitrogens is 2. The minimum Gasteiger partial charge on any atom is -0.299 e. The predicted molar refractivity (Wildman–Crippen MR) is 66.5 cm³/mol. The van der Waals surface area contributed by atoms with Crippen LogP contribution in [0.4, 0.5) is 0 Å². The Morgan fingerprint density at radius 1 is 1.18 bits per heavy atom. The van der Waals surface area contributed by atoms with Gasteiger partial charge in [0, 0.05) is 12.7 Å². The van der Waals surface area contributed by atoms with Crippen molar-refractivity contribution >= 4 is 11.6 Å². The summed E-state index contributed by atoms with van der Waals surface area (Å²) in [6.45, 7) is 0.485. The molecule has 0 bridgehead atoms. The van der Waals surface area contributed by atoms with Crippen LogP contribution in [0.2, 0.25) is 5.02 Å². The summed E-state index contributed by atoms with van der Waals surface area (Å²) in [6, 6.07) is 9.79. The quantitative estimate of drug-likeness (QED) is 0.896. The number of nitrogens with zero attached hydrogens (tertiary/aromatic N) is 1. The Morgan fingerprint density at radius 3 is 2.59 bits per heavy atom. The van der Waals surface area contributed by atoms with Crippen LogP contribution >= 0.6 is 11.6 Å². The van der Waals surface area contributed by atoms with Crippen LogP contribution in [0, 0.1) is 0 Å². The van der Waals surface area contributed by atoms with E-state index in [1.165, 1.54) is 10.8 Å². The lowest BCUT2D eigenvalue weighted by Crippen LogP contribution is -2.30. The number of H-pyrrole nitrogens is 1. The molecule has 0 saturated carbocycles. The molecule has 1 N–H and O–H groups in total. The van der Waals surface area contributed by atoms with Gasteiger partial charge in [0.2, 0.25) is 0 Å². The van der Waals surface area contributed by atoms with E-state index in [1.54, 1.807) is 0 Å². The highest BCUT2D eigenvalue weighted by molar-refractivity contribution is 6.30. The number of nitrogens with one attached hydrogen (secondary N) is 1. The lowest BCUT2D eigenvalue weighted by atomic mass is 10.1. The highest BCUT2D eigenvalue weighted by Gasteiger charge is 2.02. The number of aryl methyl sites for hydroxylation is 2. The second-order valence-electron chi connectivity index (χ2n) is 3.67. The summed E-state index contributed by atoms with van der Waals surface area (Å²) in [5.74, 6) is 0. The Labute approximate surface area is 102 Å². The highest BCUT2D eigenvalue weighted by Crippen LogP contribution is 2.02. The number of rotatable bonds is 3. The van der Waals surface area contributed by atoms with Crippen LogP contribution in [-0.4, -0.2) is 9.55 Å². The van der Waals surface area contributed by atoms with Crippen LogP contribution < -0.4 is 11.2 Å². The lowest BCUT2D eigenvalue weighted by Gasteiger charge is -2.05. The fourth-order valence-electron chi connectivity index (χ4n) is 1.54. The van der Waals surface area contributed by atoms with E-state index in [0.29, 0.717) is 13.0 Å². The molecule has 5 heteroatoms. The molecule has 17 heavy (non-hydrogen) atoms. The van der Waals surface area contributed by atoms with E-state index in [-0.39, 0.29) is 5.02 Å². The Bertz CT molecular complexity index is 616. The molecule has 1 heterocycles. The van der Waals surface area contributed by atoms with Gasteiger partial charge >= 0.3 is 5.69 Å². The molecule has 1 aromatic carbocycles. The van der Waals surface area contributed by atoms with E-state index >= 15 is 0 Å². The third-order valence-corrected chi connectivity index (χ3v) is 2.72. The number of halogens is 1. The lowest BCUT2D eigenvalue weighted by molar-refractivity contribution is 0.645. The molecular formula is C12H11ClN2O2. The topological polar surface area (TPSA) is 54.9 Å². The highest BCUT2D eigenvalue weighted by atomic mass is 35.5. The zero-order valence-electron chi connectivity index (χ0n) is 9.02. The van der Waals surface area contributed by atoms with E-state index < -0.39 is 11.2 Å². The maximum Gasteiger partial charge on any atom is 0.328 e. The molecule has 0 unspecified atom stereocenters. The minimum atomic E-state index is -0.548. The molecule has 0 radical (unpaired) electrons. The van der Waals surface area contributed by atoms with Gasteiger partial charge in [0.15, 0.2) is 0 Å². The number of benzene rings is 1. The molecular weight excluding hydrogens is 240 g/mol. The summed E-state index contributed by atoms with van der Waals surface area (Å²) in [5.41, 5.74) is 0.143. The molecule has 0 aliphatic heterocycles. The van der Waals surface area contributed by atoms with Crippen molar-refractivity contribution in [2.45, 2.75) is 13.0 Å². The first kappa shape index (κ1) is 11.7. The fourth-order valence-corrected chi connectivity index (χ4v) is 1.71. The van der Waals surface area contributed by atoms with Gasteiger partial charge in [-0.3, -0.25) is 14.3 Å². The summed E-state index contributed by atoms with van der Waals surface area (Å²) in [4.78, 5) is 24.7. The van der Waals surface area contributed by atoms with Gasteiger partial charge in [0.05, 0.1) is 0 Å². The maximum atomic E-state index is 11.5. The number of hydrogen-bond donors (Lipinski definition) is 1. The van der Waals surface area contributed by atoms with E-state index in [9.17, 15) is 9.59 Å². The monoisotopic (exact) mass is 250 g/mol. The van der Waals surface area contributed by atoms with Crippen molar-refractivity contribution in [1.82, 2.24) is 9.55 Å². The Hall–Kier alpha value is -1.81. The first-order valence-electron chi connectivity index (χ1n) is 5.20. The SMILES string of the molecule is O=c1[nH]c(=O)n(CCc2ccccc2)cc1Cl. The van der Waals surface area contributed by atoms with E-state index in [0.717, 1.165) is 5.56 Å². The average Bonchev–Trinajstić information content (AvgIpc) is 2.33. The van der Waals surface area contributed by atoms with Crippen LogP contribution in [0.25, 0.3) is 0 Å². The zero-order valence-corrected chi connectivity index (χ0v) is 9.78. The van der Waals surface area contributed by atoms with Crippen LogP contribution in [0.1, 0.15) is 5.56 Å². The molecule has 0 spiro atoms. The van der Waals surface area contributed by atoms with Crippen molar-refractivity contribution in [3.63, 3.8) is 0 Å². The van der Waals surface area contributed by atoms with Crippen molar-refractivity contribution in [1.29, 1.82) is 0 Å². The average molecular weight is 251 g/mol. The van der Waals surface area contributed by atoms with E-state index in [2.05, 4.69) is 4.98 Å². The van der Waals surface area contributed by atoms with Gasteiger partial charge in [-0.15, -0.1) is 0 Å². The summed E-state index contributed by atoms with van der Waals surface area (Å²) >= 11 is 5.66. The molecule has 0 saturated heterocycles. The van der Waals surface area contributed by atoms with Gasteiger partial charge in [-0.2, -0.15) is 0 Å². The van der Waals surface area contributed by atoms with Crippen molar-refractivity contribution in [3.8, 4) is 0 Å². The van der Waals surface area contributed by atoms with Crippen molar-refractivity contribution < 1.29 is 0 Å². The molecule has 2 rings (SSSR count). The molecule has 0 atom stereocenters. The standard InChI is InChI=1S/C12H11ClN2O2/c13-10-8-15(12(17)14-11(10)16)7-6-9-4-2-1-3-5-9/h1-5,8H,6-7H2,(H,14,16,17). The normalized spacial score (nSPS) is 10.4. The van der Waals surface area contributed by atoms with Crippen molar-refractivity contribution in [3.05, 3.63) is 68.0 Å². The molecule has 88 valence electrons. The van der Waals surface area contributed by atoms with Gasteiger partial charge in [-0.05, 0) is 12.0 Å². The van der Waals surface area contributed by atoms with Gasteiger partial charge in [-0.25, -0.2) is 4.79 Å². The first-order valence-corrected chi connectivity index (χ1v) is 5.58. The Balaban J connectivity index is 2.18. The van der Waals surface area contributed by atoms with Gasteiger partial charge < -0.3 is 0 Å². The summed E-state index contributed by atoms with van der Waals surface area (Å²) < 4.78 is 1.40. The van der Waals surface area contributed by atoms with Gasteiger partial charge in [0.25, 0.3) is 5.56 Å². The summed E-state index contributed by atoms with van der Waals surface area (Å²) in [6.07, 6.45) is 2.08. The van der Waals surface area contributed by atoms with Crippen LogP contribution in [-0.2, 0) is 13.0 Å². The number of aromatic amines is 1. The van der Waals surface area contributed by atoms with E-state index in [1.807, 2.05) is 30.3 Å². The van der Waals surface area contributed by atoms with Gasteiger partial charge in [-0.1, -0.05) is 41.9 Å². The predicted octanol–water partition coefficient (Wildman–Crippen LogP) is 1.43. The molecule has 4 nitrogen and oxygen atoms in total. The minimum absolute atomic E-state index is 0.0256. The smallest absolute Gasteiger partial charge is 0.299 e. The summed E-state index contributed by atoms with van der Waals surface area (Å²) in [7, 11) is 0. The Morgan fingerprint density at radius 2 is 1.88 bits per heavy atom. The third kappa shape index (κ3) is 2.85. The Kier molecular flexibility index (Phi) is 3.44. The number of hydrogen-bond acceptors (Lipinski definition) is 2. The largest absolute Gasteiger partial charge is 0.328 e. The molecule has 0 amide bonds. The second-order valence-corrected chi connectivity index (χ2v) is 4.07. The molecule has 0 aliphatic rings. The molecule has 1 aromatic heterocycles. The fraction of sp³-hybridized carbons (Fsp3) is 0.167. The summed E-state index contributed by atoms with van der Waals surface area (Å²) in [5, 5.41) is 0.0256. The molecule has 0 aliphatic carbocycles. The molecule has 0 fully saturated rings. The van der Waals surface area contributed by atoms with Crippen LogP contribution in [0.5, 0.6) is 0 Å². The van der Waals surface area contributed by atoms with Crippen molar-refractivity contribution in [2.24, 2.45) is 0 Å².